The lowest BCUT2D eigenvalue weighted by molar-refractivity contribution is -0.123. The van der Waals surface area contributed by atoms with Gasteiger partial charge < -0.3 is 14.8 Å². The van der Waals surface area contributed by atoms with Crippen molar-refractivity contribution in [1.29, 1.82) is 0 Å². The van der Waals surface area contributed by atoms with Crippen LogP contribution in [0.5, 0.6) is 11.5 Å². The Kier molecular flexibility index (Phi) is 5.92. The third-order valence-electron chi connectivity index (χ3n) is 2.90. The van der Waals surface area contributed by atoms with Gasteiger partial charge in [-0.15, -0.1) is 0 Å². The summed E-state index contributed by atoms with van der Waals surface area (Å²) in [4.78, 5) is 11.8. The number of nitrogens with one attached hydrogen (secondary N) is 1. The number of carbonyl (C=O) groups excluding carboxylic acids is 1. The number of methoxy groups -OCH3 is 1. The maximum atomic E-state index is 11.8. The molecule has 0 heterocycles. The lowest BCUT2D eigenvalue weighted by atomic mass is 10.2. The third kappa shape index (κ3) is 4.55. The van der Waals surface area contributed by atoms with E-state index in [9.17, 15) is 4.79 Å². The van der Waals surface area contributed by atoms with Crippen molar-refractivity contribution in [3.63, 3.8) is 0 Å². The SMILES string of the molecule is COc1cccc(CNC(=O)COc2cccc(Cl)c2Cl)c1. The standard InChI is InChI=1S/C16H15Cl2NO3/c1-21-12-5-2-4-11(8-12)9-19-15(20)10-22-14-7-3-6-13(17)16(14)18/h2-8H,9-10H2,1H3,(H,19,20). The van der Waals surface area contributed by atoms with Crippen molar-refractivity contribution in [3.8, 4) is 11.5 Å². The third-order valence-corrected chi connectivity index (χ3v) is 3.70. The minimum Gasteiger partial charge on any atom is -0.497 e. The molecule has 0 aliphatic rings. The first-order valence-corrected chi connectivity index (χ1v) is 7.32. The van der Waals surface area contributed by atoms with Crippen molar-refractivity contribution >= 4 is 29.1 Å². The minimum atomic E-state index is -0.251. The fourth-order valence-corrected chi connectivity index (χ4v) is 2.12. The van der Waals surface area contributed by atoms with Crippen LogP contribution in [-0.4, -0.2) is 19.6 Å². The molecule has 0 spiro atoms. The van der Waals surface area contributed by atoms with Crippen LogP contribution < -0.4 is 14.8 Å². The number of carbonyl (C=O) groups is 1. The van der Waals surface area contributed by atoms with E-state index < -0.39 is 0 Å². The Hall–Kier alpha value is -1.91. The van der Waals surface area contributed by atoms with Crippen LogP contribution in [0.4, 0.5) is 0 Å². The second kappa shape index (κ2) is 7.92. The first-order chi connectivity index (χ1) is 10.6. The van der Waals surface area contributed by atoms with E-state index in [1.807, 2.05) is 24.3 Å². The van der Waals surface area contributed by atoms with E-state index in [-0.39, 0.29) is 12.5 Å². The van der Waals surface area contributed by atoms with Gasteiger partial charge in [0, 0.05) is 6.54 Å². The first kappa shape index (κ1) is 16.5. The van der Waals surface area contributed by atoms with Crippen LogP contribution in [-0.2, 0) is 11.3 Å². The van der Waals surface area contributed by atoms with E-state index in [1.165, 1.54) is 0 Å². The first-order valence-electron chi connectivity index (χ1n) is 6.56. The second-order valence-electron chi connectivity index (χ2n) is 4.47. The van der Waals surface area contributed by atoms with Gasteiger partial charge in [0.25, 0.3) is 5.91 Å². The molecular formula is C16H15Cl2NO3. The maximum Gasteiger partial charge on any atom is 0.258 e. The van der Waals surface area contributed by atoms with E-state index in [1.54, 1.807) is 25.3 Å². The summed E-state index contributed by atoms with van der Waals surface area (Å²) in [6, 6.07) is 12.5. The van der Waals surface area contributed by atoms with Gasteiger partial charge in [0.2, 0.25) is 0 Å². The number of rotatable bonds is 6. The Labute approximate surface area is 138 Å². The molecule has 6 heteroatoms. The molecule has 0 aromatic heterocycles. The van der Waals surface area contributed by atoms with Crippen molar-refractivity contribution in [2.24, 2.45) is 0 Å². The van der Waals surface area contributed by atoms with Gasteiger partial charge in [0.05, 0.1) is 12.1 Å². The van der Waals surface area contributed by atoms with Crippen LogP contribution in [0.25, 0.3) is 0 Å². The summed E-state index contributed by atoms with van der Waals surface area (Å²) >= 11 is 11.9. The van der Waals surface area contributed by atoms with E-state index in [4.69, 9.17) is 32.7 Å². The zero-order valence-electron chi connectivity index (χ0n) is 11.9. The van der Waals surface area contributed by atoms with Gasteiger partial charge in [0.15, 0.2) is 6.61 Å². The normalized spacial score (nSPS) is 10.1. The lowest BCUT2D eigenvalue weighted by Gasteiger charge is -2.10. The summed E-state index contributed by atoms with van der Waals surface area (Å²) in [6.45, 7) is 0.257. The zero-order valence-corrected chi connectivity index (χ0v) is 13.4. The van der Waals surface area contributed by atoms with Crippen molar-refractivity contribution in [3.05, 3.63) is 58.1 Å². The minimum absolute atomic E-state index is 0.135. The molecule has 0 saturated heterocycles. The van der Waals surface area contributed by atoms with Gasteiger partial charge in [-0.2, -0.15) is 0 Å². The summed E-state index contributed by atoms with van der Waals surface area (Å²) in [5, 5.41) is 3.44. The fourth-order valence-electron chi connectivity index (χ4n) is 1.77. The van der Waals surface area contributed by atoms with Crippen molar-refractivity contribution < 1.29 is 14.3 Å². The molecule has 2 aromatic rings. The van der Waals surface area contributed by atoms with E-state index >= 15 is 0 Å². The van der Waals surface area contributed by atoms with Crippen LogP contribution >= 0.6 is 23.2 Å². The largest absolute Gasteiger partial charge is 0.497 e. The molecule has 0 saturated carbocycles. The number of hydrogen-bond acceptors (Lipinski definition) is 3. The fraction of sp³-hybridized carbons (Fsp3) is 0.188. The van der Waals surface area contributed by atoms with Gasteiger partial charge >= 0.3 is 0 Å². The topological polar surface area (TPSA) is 47.6 Å². The van der Waals surface area contributed by atoms with E-state index in [0.717, 1.165) is 11.3 Å². The summed E-state index contributed by atoms with van der Waals surface area (Å²) in [6.07, 6.45) is 0. The number of halogens is 2. The van der Waals surface area contributed by atoms with Crippen LogP contribution in [0.15, 0.2) is 42.5 Å². The molecule has 0 aliphatic heterocycles. The molecule has 1 amide bonds. The average Bonchev–Trinajstić information content (AvgIpc) is 2.54. The molecule has 0 bridgehead atoms. The molecule has 0 aliphatic carbocycles. The highest BCUT2D eigenvalue weighted by Gasteiger charge is 2.08. The molecular weight excluding hydrogens is 325 g/mol. The molecule has 0 radical (unpaired) electrons. The average molecular weight is 340 g/mol. The molecule has 1 N–H and O–H groups in total. The lowest BCUT2D eigenvalue weighted by Crippen LogP contribution is -2.28. The number of ether oxygens (including phenoxy) is 2. The quantitative estimate of drug-likeness (QED) is 0.872. The second-order valence-corrected chi connectivity index (χ2v) is 5.25. The van der Waals surface area contributed by atoms with E-state index in [0.29, 0.717) is 22.3 Å². The smallest absolute Gasteiger partial charge is 0.258 e. The van der Waals surface area contributed by atoms with Crippen LogP contribution in [0.1, 0.15) is 5.56 Å². The number of amides is 1. The number of benzene rings is 2. The monoisotopic (exact) mass is 339 g/mol. The maximum absolute atomic E-state index is 11.8. The highest BCUT2D eigenvalue weighted by molar-refractivity contribution is 6.42. The predicted molar refractivity (Wildman–Crippen MR) is 86.8 cm³/mol. The molecule has 22 heavy (non-hydrogen) atoms. The Morgan fingerprint density at radius 1 is 1.18 bits per heavy atom. The van der Waals surface area contributed by atoms with Crippen LogP contribution in [0.2, 0.25) is 10.0 Å². The Morgan fingerprint density at radius 2 is 1.95 bits per heavy atom. The summed E-state index contributed by atoms with van der Waals surface area (Å²) < 4.78 is 10.5. The van der Waals surface area contributed by atoms with Crippen LogP contribution in [0.3, 0.4) is 0 Å². The highest BCUT2D eigenvalue weighted by atomic mass is 35.5. The van der Waals surface area contributed by atoms with Gasteiger partial charge in [0.1, 0.15) is 16.5 Å². The van der Waals surface area contributed by atoms with Gasteiger partial charge in [-0.1, -0.05) is 41.4 Å². The molecule has 0 unspecified atom stereocenters. The van der Waals surface area contributed by atoms with Crippen molar-refractivity contribution in [2.75, 3.05) is 13.7 Å². The van der Waals surface area contributed by atoms with Gasteiger partial charge in [-0.25, -0.2) is 0 Å². The highest BCUT2D eigenvalue weighted by Crippen LogP contribution is 2.31. The molecule has 2 aromatic carbocycles. The van der Waals surface area contributed by atoms with Crippen LogP contribution in [0, 0.1) is 0 Å². The van der Waals surface area contributed by atoms with E-state index in [2.05, 4.69) is 5.32 Å². The summed E-state index contributed by atoms with van der Waals surface area (Å²) in [5.41, 5.74) is 0.938. The van der Waals surface area contributed by atoms with Gasteiger partial charge in [-0.3, -0.25) is 4.79 Å². The zero-order chi connectivity index (χ0) is 15.9. The molecule has 4 nitrogen and oxygen atoms in total. The van der Waals surface area contributed by atoms with Gasteiger partial charge in [-0.05, 0) is 29.8 Å². The number of hydrogen-bond donors (Lipinski definition) is 1. The Morgan fingerprint density at radius 3 is 2.73 bits per heavy atom. The van der Waals surface area contributed by atoms with Crippen molar-refractivity contribution in [2.45, 2.75) is 6.54 Å². The molecule has 116 valence electrons. The molecule has 0 fully saturated rings. The predicted octanol–water partition coefficient (Wildman–Crippen LogP) is 3.70. The molecule has 2 rings (SSSR count). The molecule has 0 atom stereocenters. The summed E-state index contributed by atoms with van der Waals surface area (Å²) in [5.74, 6) is 0.873. The Balaban J connectivity index is 1.84. The summed E-state index contributed by atoms with van der Waals surface area (Å²) in [7, 11) is 1.60. The van der Waals surface area contributed by atoms with Crippen molar-refractivity contribution in [1.82, 2.24) is 5.32 Å². The Bertz CT molecular complexity index is 662.